The summed E-state index contributed by atoms with van der Waals surface area (Å²) in [6.07, 6.45) is 4.06. The van der Waals surface area contributed by atoms with Gasteiger partial charge in [-0.25, -0.2) is 0 Å². The average molecular weight is 245 g/mol. The molecule has 0 unspecified atom stereocenters. The first-order valence-electron chi connectivity index (χ1n) is 6.81. The van der Waals surface area contributed by atoms with Crippen LogP contribution < -0.4 is 5.32 Å². The van der Waals surface area contributed by atoms with Gasteiger partial charge in [-0.1, -0.05) is 30.3 Å². The fourth-order valence-electron chi connectivity index (χ4n) is 2.59. The van der Waals surface area contributed by atoms with Gasteiger partial charge in [0.1, 0.15) is 6.10 Å². The SMILES string of the molecule is O=C(N[C@@H](c1ccccc1)C1CC1)[C@@H]1CCCO1. The zero-order chi connectivity index (χ0) is 12.4. The molecule has 1 aliphatic carbocycles. The predicted molar refractivity (Wildman–Crippen MR) is 69.0 cm³/mol. The molecule has 1 saturated carbocycles. The summed E-state index contributed by atoms with van der Waals surface area (Å²) < 4.78 is 5.44. The van der Waals surface area contributed by atoms with Crippen molar-refractivity contribution in [1.82, 2.24) is 5.32 Å². The highest BCUT2D eigenvalue weighted by Gasteiger charge is 2.35. The van der Waals surface area contributed by atoms with Crippen molar-refractivity contribution in [2.24, 2.45) is 5.92 Å². The third kappa shape index (κ3) is 2.56. The Morgan fingerprint density at radius 1 is 1.22 bits per heavy atom. The molecule has 3 rings (SSSR count). The normalized spacial score (nSPS) is 24.8. The van der Waals surface area contributed by atoms with Crippen molar-refractivity contribution >= 4 is 5.91 Å². The molecule has 1 saturated heterocycles. The minimum Gasteiger partial charge on any atom is -0.368 e. The highest BCUT2D eigenvalue weighted by atomic mass is 16.5. The van der Waals surface area contributed by atoms with E-state index in [1.165, 1.54) is 18.4 Å². The molecular formula is C15H19NO2. The molecule has 1 aromatic carbocycles. The lowest BCUT2D eigenvalue weighted by Crippen LogP contribution is -2.37. The largest absolute Gasteiger partial charge is 0.368 e. The molecule has 2 fully saturated rings. The van der Waals surface area contributed by atoms with Crippen LogP contribution in [0.2, 0.25) is 0 Å². The van der Waals surface area contributed by atoms with Crippen LogP contribution in [0.3, 0.4) is 0 Å². The molecule has 0 aromatic heterocycles. The third-order valence-corrected chi connectivity index (χ3v) is 3.77. The average Bonchev–Trinajstić information content (AvgIpc) is 3.10. The Bertz CT molecular complexity index is 408. The van der Waals surface area contributed by atoms with Crippen LogP contribution in [0.25, 0.3) is 0 Å². The lowest BCUT2D eigenvalue weighted by atomic mass is 10.0. The summed E-state index contributed by atoms with van der Waals surface area (Å²) >= 11 is 0. The van der Waals surface area contributed by atoms with Gasteiger partial charge in [0.05, 0.1) is 6.04 Å². The van der Waals surface area contributed by atoms with Gasteiger partial charge in [0.15, 0.2) is 0 Å². The minimum atomic E-state index is -0.227. The third-order valence-electron chi connectivity index (χ3n) is 3.77. The Kier molecular flexibility index (Phi) is 3.33. The number of carbonyl (C=O) groups excluding carboxylic acids is 1. The van der Waals surface area contributed by atoms with E-state index >= 15 is 0 Å². The van der Waals surface area contributed by atoms with Crippen LogP contribution >= 0.6 is 0 Å². The first kappa shape index (κ1) is 11.7. The maximum Gasteiger partial charge on any atom is 0.249 e. The molecule has 18 heavy (non-hydrogen) atoms. The Labute approximate surface area is 108 Å². The van der Waals surface area contributed by atoms with Gasteiger partial charge in [0, 0.05) is 6.61 Å². The number of ether oxygens (including phenoxy) is 1. The number of hydrogen-bond donors (Lipinski definition) is 1. The second-order valence-electron chi connectivity index (χ2n) is 5.24. The molecule has 0 radical (unpaired) electrons. The smallest absolute Gasteiger partial charge is 0.249 e. The van der Waals surface area contributed by atoms with E-state index in [1.54, 1.807) is 0 Å². The summed E-state index contributed by atoms with van der Waals surface area (Å²) in [5.41, 5.74) is 1.21. The van der Waals surface area contributed by atoms with E-state index in [0.29, 0.717) is 5.92 Å². The van der Waals surface area contributed by atoms with Gasteiger partial charge in [-0.05, 0) is 37.2 Å². The summed E-state index contributed by atoms with van der Waals surface area (Å²) in [7, 11) is 0. The van der Waals surface area contributed by atoms with E-state index < -0.39 is 0 Å². The van der Waals surface area contributed by atoms with E-state index in [1.807, 2.05) is 18.2 Å². The van der Waals surface area contributed by atoms with Crippen molar-refractivity contribution in [2.45, 2.75) is 37.8 Å². The Morgan fingerprint density at radius 3 is 2.61 bits per heavy atom. The van der Waals surface area contributed by atoms with Crippen LogP contribution in [-0.4, -0.2) is 18.6 Å². The van der Waals surface area contributed by atoms with Gasteiger partial charge in [0.2, 0.25) is 5.91 Å². The Morgan fingerprint density at radius 2 is 2.00 bits per heavy atom. The molecule has 1 aromatic rings. The molecule has 96 valence electrons. The lowest BCUT2D eigenvalue weighted by molar-refractivity contribution is -0.131. The standard InChI is InChI=1S/C15H19NO2/c17-15(13-7-4-10-18-13)16-14(12-8-9-12)11-5-2-1-3-6-11/h1-3,5-6,12-14H,4,7-10H2,(H,16,17)/t13-,14-/m0/s1. The van der Waals surface area contributed by atoms with Crippen molar-refractivity contribution in [3.63, 3.8) is 0 Å². The summed E-state index contributed by atoms with van der Waals surface area (Å²) in [5, 5.41) is 3.17. The molecule has 1 aliphatic heterocycles. The highest BCUT2D eigenvalue weighted by Crippen LogP contribution is 2.41. The highest BCUT2D eigenvalue weighted by molar-refractivity contribution is 5.81. The van der Waals surface area contributed by atoms with Gasteiger partial charge in [0.25, 0.3) is 0 Å². The molecule has 0 bridgehead atoms. The van der Waals surface area contributed by atoms with Crippen LogP contribution in [0.5, 0.6) is 0 Å². The summed E-state index contributed by atoms with van der Waals surface area (Å²) in [5.74, 6) is 0.672. The maximum absolute atomic E-state index is 12.1. The van der Waals surface area contributed by atoms with Crippen LogP contribution in [0.15, 0.2) is 30.3 Å². The fraction of sp³-hybridized carbons (Fsp3) is 0.533. The first-order valence-corrected chi connectivity index (χ1v) is 6.81. The topological polar surface area (TPSA) is 38.3 Å². The molecular weight excluding hydrogens is 226 g/mol. The maximum atomic E-state index is 12.1. The number of carbonyl (C=O) groups is 1. The zero-order valence-corrected chi connectivity index (χ0v) is 10.5. The van der Waals surface area contributed by atoms with Crippen LogP contribution in [-0.2, 0) is 9.53 Å². The number of benzene rings is 1. The summed E-state index contributed by atoms with van der Waals surface area (Å²) in [6, 6.07) is 10.4. The number of nitrogens with one attached hydrogen (secondary N) is 1. The van der Waals surface area contributed by atoms with Crippen LogP contribution in [0, 0.1) is 5.92 Å². The summed E-state index contributed by atoms with van der Waals surface area (Å²) in [4.78, 5) is 12.1. The van der Waals surface area contributed by atoms with Crippen LogP contribution in [0.1, 0.15) is 37.3 Å². The fourth-order valence-corrected chi connectivity index (χ4v) is 2.59. The quantitative estimate of drug-likeness (QED) is 0.884. The van der Waals surface area contributed by atoms with E-state index in [2.05, 4.69) is 17.4 Å². The molecule has 3 nitrogen and oxygen atoms in total. The molecule has 1 amide bonds. The van der Waals surface area contributed by atoms with Gasteiger partial charge in [-0.3, -0.25) is 4.79 Å². The second kappa shape index (κ2) is 5.11. The molecule has 2 atom stereocenters. The lowest BCUT2D eigenvalue weighted by Gasteiger charge is -2.20. The first-order chi connectivity index (χ1) is 8.84. The van der Waals surface area contributed by atoms with Gasteiger partial charge >= 0.3 is 0 Å². The zero-order valence-electron chi connectivity index (χ0n) is 10.5. The van der Waals surface area contributed by atoms with Crippen molar-refractivity contribution in [3.05, 3.63) is 35.9 Å². The van der Waals surface area contributed by atoms with Crippen LogP contribution in [0.4, 0.5) is 0 Å². The molecule has 1 heterocycles. The van der Waals surface area contributed by atoms with Gasteiger partial charge in [-0.15, -0.1) is 0 Å². The Balaban J connectivity index is 1.69. The van der Waals surface area contributed by atoms with E-state index in [0.717, 1.165) is 19.4 Å². The molecule has 0 spiro atoms. The van der Waals surface area contributed by atoms with Crippen molar-refractivity contribution in [1.29, 1.82) is 0 Å². The van der Waals surface area contributed by atoms with Crippen molar-refractivity contribution in [2.75, 3.05) is 6.61 Å². The van der Waals surface area contributed by atoms with E-state index in [-0.39, 0.29) is 18.1 Å². The second-order valence-corrected chi connectivity index (χ2v) is 5.24. The minimum absolute atomic E-state index is 0.0632. The number of rotatable bonds is 4. The predicted octanol–water partition coefficient (Wildman–Crippen LogP) is 2.43. The number of hydrogen-bond acceptors (Lipinski definition) is 2. The molecule has 2 aliphatic rings. The van der Waals surface area contributed by atoms with E-state index in [9.17, 15) is 4.79 Å². The van der Waals surface area contributed by atoms with Crippen molar-refractivity contribution < 1.29 is 9.53 Å². The molecule has 3 heteroatoms. The van der Waals surface area contributed by atoms with Gasteiger partial charge < -0.3 is 10.1 Å². The van der Waals surface area contributed by atoms with Gasteiger partial charge in [-0.2, -0.15) is 0 Å². The van der Waals surface area contributed by atoms with E-state index in [4.69, 9.17) is 4.74 Å². The molecule has 1 N–H and O–H groups in total. The monoisotopic (exact) mass is 245 g/mol. The Hall–Kier alpha value is -1.35. The number of amides is 1. The van der Waals surface area contributed by atoms with Crippen molar-refractivity contribution in [3.8, 4) is 0 Å². The summed E-state index contributed by atoms with van der Waals surface area (Å²) in [6.45, 7) is 0.720.